The maximum absolute atomic E-state index is 13.2. The molecular formula is C9H13FN4O2S. The number of nitrogens with two attached hydrogens (primary N) is 1. The van der Waals surface area contributed by atoms with Crippen molar-refractivity contribution in [2.45, 2.75) is 18.1 Å². The van der Waals surface area contributed by atoms with Crippen molar-refractivity contribution in [3.8, 4) is 0 Å². The van der Waals surface area contributed by atoms with Crippen LogP contribution in [-0.2, 0) is 9.84 Å². The fourth-order valence-corrected chi connectivity index (χ4v) is 3.57. The summed E-state index contributed by atoms with van der Waals surface area (Å²) in [5, 5.41) is 2.19. The lowest BCUT2D eigenvalue weighted by Gasteiger charge is -2.11. The average molecular weight is 260 g/mol. The maximum Gasteiger partial charge on any atom is 0.222 e. The summed E-state index contributed by atoms with van der Waals surface area (Å²) in [6.45, 7) is 0.149. The van der Waals surface area contributed by atoms with E-state index in [-0.39, 0.29) is 24.1 Å². The van der Waals surface area contributed by atoms with Gasteiger partial charge in [0.2, 0.25) is 5.95 Å². The molecule has 1 fully saturated rings. The van der Waals surface area contributed by atoms with E-state index in [1.807, 2.05) is 0 Å². The Morgan fingerprint density at radius 3 is 3.00 bits per heavy atom. The molecular weight excluding hydrogens is 247 g/mol. The van der Waals surface area contributed by atoms with Gasteiger partial charge in [0.25, 0.3) is 0 Å². The van der Waals surface area contributed by atoms with Crippen LogP contribution in [0.25, 0.3) is 0 Å². The first kappa shape index (κ1) is 12.0. The molecule has 0 saturated carbocycles. The van der Waals surface area contributed by atoms with Gasteiger partial charge in [0, 0.05) is 6.54 Å². The molecule has 17 heavy (non-hydrogen) atoms. The van der Waals surface area contributed by atoms with Crippen LogP contribution in [0.1, 0.15) is 12.8 Å². The quantitative estimate of drug-likeness (QED) is 0.805. The summed E-state index contributed by atoms with van der Waals surface area (Å²) in [6, 6.07) is 0. The predicted molar refractivity (Wildman–Crippen MR) is 61.7 cm³/mol. The molecule has 2 heterocycles. The maximum atomic E-state index is 13.2. The molecule has 1 unspecified atom stereocenters. The lowest BCUT2D eigenvalue weighted by atomic mass is 10.2. The molecule has 3 N–H and O–H groups in total. The number of hydrogen-bond acceptors (Lipinski definition) is 6. The molecule has 1 aromatic heterocycles. The molecule has 0 aromatic carbocycles. The Hall–Kier alpha value is -1.44. The van der Waals surface area contributed by atoms with Gasteiger partial charge in [-0.15, -0.1) is 0 Å². The Bertz CT molecular complexity index is 520. The summed E-state index contributed by atoms with van der Waals surface area (Å²) in [6.07, 6.45) is 2.20. The summed E-state index contributed by atoms with van der Waals surface area (Å²) in [4.78, 5) is 7.15. The van der Waals surface area contributed by atoms with Gasteiger partial charge in [-0.25, -0.2) is 17.8 Å². The van der Waals surface area contributed by atoms with Crippen LogP contribution in [0.2, 0.25) is 0 Å². The fourth-order valence-electron chi connectivity index (χ4n) is 1.80. The number of aromatic nitrogens is 2. The van der Waals surface area contributed by atoms with Crippen molar-refractivity contribution >= 4 is 21.6 Å². The van der Waals surface area contributed by atoms with Gasteiger partial charge < -0.3 is 11.1 Å². The van der Waals surface area contributed by atoms with E-state index in [1.165, 1.54) is 0 Å². The van der Waals surface area contributed by atoms with Crippen molar-refractivity contribution in [3.05, 3.63) is 12.0 Å². The summed E-state index contributed by atoms with van der Waals surface area (Å²) in [5.74, 6) is -0.550. The smallest absolute Gasteiger partial charge is 0.222 e. The molecule has 1 aliphatic heterocycles. The molecule has 94 valence electrons. The van der Waals surface area contributed by atoms with Crippen molar-refractivity contribution in [2.24, 2.45) is 0 Å². The Morgan fingerprint density at radius 1 is 1.59 bits per heavy atom. The molecule has 0 aliphatic carbocycles. The fraction of sp³-hybridized carbons (Fsp3) is 0.556. The van der Waals surface area contributed by atoms with E-state index in [1.54, 1.807) is 0 Å². The minimum atomic E-state index is -3.04. The number of anilines is 2. The Balaban J connectivity index is 2.05. The van der Waals surface area contributed by atoms with Gasteiger partial charge >= 0.3 is 0 Å². The second kappa shape index (κ2) is 4.44. The third-order valence-corrected chi connectivity index (χ3v) is 5.00. The number of rotatable bonds is 3. The lowest BCUT2D eigenvalue weighted by Crippen LogP contribution is -2.25. The van der Waals surface area contributed by atoms with Crippen LogP contribution in [0.4, 0.5) is 16.2 Å². The Morgan fingerprint density at radius 2 is 2.35 bits per heavy atom. The molecule has 1 atom stereocenters. The largest absolute Gasteiger partial charge is 0.368 e. The third-order valence-electron chi connectivity index (χ3n) is 2.72. The zero-order valence-corrected chi connectivity index (χ0v) is 9.87. The van der Waals surface area contributed by atoms with E-state index >= 15 is 0 Å². The first-order valence-electron chi connectivity index (χ1n) is 5.22. The number of hydrogen-bond donors (Lipinski definition) is 2. The van der Waals surface area contributed by atoms with Crippen LogP contribution < -0.4 is 11.1 Å². The summed E-state index contributed by atoms with van der Waals surface area (Å²) < 4.78 is 36.3. The first-order valence-corrected chi connectivity index (χ1v) is 6.94. The van der Waals surface area contributed by atoms with Gasteiger partial charge in [-0.2, -0.15) is 4.98 Å². The zero-order chi connectivity index (χ0) is 12.5. The number of nitrogens with zero attached hydrogens (tertiary/aromatic N) is 2. The van der Waals surface area contributed by atoms with Crippen LogP contribution >= 0.6 is 0 Å². The van der Waals surface area contributed by atoms with Gasteiger partial charge in [-0.1, -0.05) is 0 Å². The van der Waals surface area contributed by atoms with Gasteiger partial charge in [-0.3, -0.25) is 0 Å². The van der Waals surface area contributed by atoms with Crippen LogP contribution in [0.15, 0.2) is 6.20 Å². The van der Waals surface area contributed by atoms with Gasteiger partial charge in [0.15, 0.2) is 21.5 Å². The van der Waals surface area contributed by atoms with Crippen molar-refractivity contribution in [2.75, 3.05) is 23.3 Å². The molecule has 0 bridgehead atoms. The van der Waals surface area contributed by atoms with E-state index in [4.69, 9.17) is 5.73 Å². The van der Waals surface area contributed by atoms with Crippen LogP contribution in [0.3, 0.4) is 0 Å². The molecule has 1 aromatic rings. The molecule has 2 rings (SSSR count). The average Bonchev–Trinajstić information content (AvgIpc) is 2.59. The number of sulfone groups is 1. The normalized spacial score (nSPS) is 22.5. The highest BCUT2D eigenvalue weighted by Gasteiger charge is 2.31. The van der Waals surface area contributed by atoms with E-state index in [2.05, 4.69) is 15.3 Å². The summed E-state index contributed by atoms with van der Waals surface area (Å²) in [5.41, 5.74) is 5.32. The van der Waals surface area contributed by atoms with Crippen LogP contribution in [-0.4, -0.2) is 35.9 Å². The standard InChI is InChI=1S/C9H13FN4O2S/c10-7-5-13-9(11)14-8(7)12-4-6-2-1-3-17(6,15)16/h5-6H,1-4H2,(H3,11,12,13,14). The highest BCUT2D eigenvalue weighted by molar-refractivity contribution is 7.92. The number of nitrogens with one attached hydrogen (secondary N) is 1. The zero-order valence-electron chi connectivity index (χ0n) is 9.06. The van der Waals surface area contributed by atoms with E-state index in [0.717, 1.165) is 6.20 Å². The lowest BCUT2D eigenvalue weighted by molar-refractivity contribution is 0.589. The van der Waals surface area contributed by atoms with Gasteiger partial charge in [-0.05, 0) is 12.8 Å². The number of nitrogen functional groups attached to an aromatic ring is 1. The SMILES string of the molecule is Nc1ncc(F)c(NCC2CCCS2(=O)=O)n1. The van der Waals surface area contributed by atoms with Crippen molar-refractivity contribution in [1.29, 1.82) is 0 Å². The third kappa shape index (κ3) is 2.63. The molecule has 1 saturated heterocycles. The number of halogens is 1. The van der Waals surface area contributed by atoms with Crippen LogP contribution in [0, 0.1) is 5.82 Å². The van der Waals surface area contributed by atoms with Crippen molar-refractivity contribution in [3.63, 3.8) is 0 Å². The molecule has 8 heteroatoms. The van der Waals surface area contributed by atoms with E-state index in [9.17, 15) is 12.8 Å². The van der Waals surface area contributed by atoms with E-state index < -0.39 is 20.9 Å². The second-order valence-electron chi connectivity index (χ2n) is 3.94. The highest BCUT2D eigenvalue weighted by atomic mass is 32.2. The summed E-state index contributed by atoms with van der Waals surface area (Å²) in [7, 11) is -3.04. The topological polar surface area (TPSA) is 98.0 Å². The summed E-state index contributed by atoms with van der Waals surface area (Å²) >= 11 is 0. The molecule has 0 amide bonds. The molecule has 0 radical (unpaired) electrons. The predicted octanol–water partition coefficient (Wildman–Crippen LogP) is 0.187. The molecule has 1 aliphatic rings. The highest BCUT2D eigenvalue weighted by Crippen LogP contribution is 2.20. The first-order chi connectivity index (χ1) is 7.99. The Labute approximate surface area is 98.4 Å². The van der Waals surface area contributed by atoms with E-state index in [0.29, 0.717) is 12.8 Å². The van der Waals surface area contributed by atoms with Gasteiger partial charge in [0.05, 0.1) is 17.2 Å². The molecule has 0 spiro atoms. The second-order valence-corrected chi connectivity index (χ2v) is 6.34. The van der Waals surface area contributed by atoms with Crippen molar-refractivity contribution < 1.29 is 12.8 Å². The minimum Gasteiger partial charge on any atom is -0.368 e. The molecule has 6 nitrogen and oxygen atoms in total. The van der Waals surface area contributed by atoms with Gasteiger partial charge in [0.1, 0.15) is 0 Å². The van der Waals surface area contributed by atoms with Crippen LogP contribution in [0.5, 0.6) is 0 Å². The Kier molecular flexibility index (Phi) is 3.14. The monoisotopic (exact) mass is 260 g/mol. The minimum absolute atomic E-state index is 0.0526. The van der Waals surface area contributed by atoms with Crippen molar-refractivity contribution in [1.82, 2.24) is 9.97 Å².